The molecule has 0 aliphatic carbocycles. The van der Waals surface area contributed by atoms with Gasteiger partial charge >= 0.3 is 6.03 Å². The van der Waals surface area contributed by atoms with Gasteiger partial charge in [0.15, 0.2) is 0 Å². The molecule has 29 heavy (non-hydrogen) atoms. The van der Waals surface area contributed by atoms with E-state index in [4.69, 9.17) is 9.47 Å². The van der Waals surface area contributed by atoms with Gasteiger partial charge in [0, 0.05) is 51.7 Å². The number of urea groups is 1. The maximum atomic E-state index is 12.5. The third kappa shape index (κ3) is 4.16. The van der Waals surface area contributed by atoms with Crippen LogP contribution in [0.4, 0.5) is 16.2 Å². The number of ether oxygens (including phenoxy) is 2. The summed E-state index contributed by atoms with van der Waals surface area (Å²) in [7, 11) is 3.13. The highest BCUT2D eigenvalue weighted by Gasteiger charge is 2.08. The lowest BCUT2D eigenvalue weighted by Gasteiger charge is -2.11. The molecular weight excluding hydrogens is 366 g/mol. The molecule has 0 fully saturated rings. The molecule has 2 amide bonds. The number of anilines is 2. The molecular formula is C23H21N3O3. The van der Waals surface area contributed by atoms with Crippen LogP contribution in [-0.4, -0.2) is 25.2 Å². The van der Waals surface area contributed by atoms with E-state index in [0.29, 0.717) is 22.9 Å². The lowest BCUT2D eigenvalue weighted by atomic mass is 10.1. The number of carbonyl (C=O) groups excluding carboxylic acids is 1. The van der Waals surface area contributed by atoms with E-state index in [1.54, 1.807) is 32.4 Å². The standard InChI is InChI=1S/C23H21N3O3/c1-28-19-12-18(13-20(14-19)29-2)25-23(27)24-17-8-5-7-15(10-17)22-11-16-6-3-4-9-21(16)26-22/h3-14,26H,1-2H3,(H2,24,25,27). The molecule has 0 bridgehead atoms. The Hall–Kier alpha value is -3.93. The first-order valence-corrected chi connectivity index (χ1v) is 9.14. The van der Waals surface area contributed by atoms with Crippen molar-refractivity contribution < 1.29 is 14.3 Å². The van der Waals surface area contributed by atoms with Crippen LogP contribution in [-0.2, 0) is 0 Å². The van der Waals surface area contributed by atoms with Crippen LogP contribution in [0.15, 0.2) is 72.8 Å². The Kier molecular flexibility index (Phi) is 5.07. The second kappa shape index (κ2) is 7.98. The number of carbonyl (C=O) groups is 1. The van der Waals surface area contributed by atoms with E-state index in [2.05, 4.69) is 27.8 Å². The minimum absolute atomic E-state index is 0.353. The Morgan fingerprint density at radius 3 is 2.24 bits per heavy atom. The second-order valence-electron chi connectivity index (χ2n) is 6.53. The van der Waals surface area contributed by atoms with Crippen molar-refractivity contribution in [3.63, 3.8) is 0 Å². The number of aromatic nitrogens is 1. The normalized spacial score (nSPS) is 10.6. The maximum Gasteiger partial charge on any atom is 0.323 e. The van der Waals surface area contributed by atoms with Crippen molar-refractivity contribution >= 4 is 28.3 Å². The highest BCUT2D eigenvalue weighted by Crippen LogP contribution is 2.27. The molecule has 0 saturated heterocycles. The van der Waals surface area contributed by atoms with Gasteiger partial charge in [0.05, 0.1) is 14.2 Å². The molecule has 0 spiro atoms. The van der Waals surface area contributed by atoms with Crippen LogP contribution in [0.1, 0.15) is 0 Å². The molecule has 0 saturated carbocycles. The molecule has 1 aromatic heterocycles. The first-order valence-electron chi connectivity index (χ1n) is 9.14. The zero-order chi connectivity index (χ0) is 20.2. The number of hydrogen-bond acceptors (Lipinski definition) is 3. The monoisotopic (exact) mass is 387 g/mol. The molecule has 0 unspecified atom stereocenters. The summed E-state index contributed by atoms with van der Waals surface area (Å²) in [6.45, 7) is 0. The number of aromatic amines is 1. The van der Waals surface area contributed by atoms with E-state index in [-0.39, 0.29) is 6.03 Å². The smallest absolute Gasteiger partial charge is 0.323 e. The fourth-order valence-electron chi connectivity index (χ4n) is 3.17. The van der Waals surface area contributed by atoms with Gasteiger partial charge in [-0.2, -0.15) is 0 Å². The summed E-state index contributed by atoms with van der Waals surface area (Å²) in [4.78, 5) is 15.9. The van der Waals surface area contributed by atoms with Crippen molar-refractivity contribution in [2.45, 2.75) is 0 Å². The summed E-state index contributed by atoms with van der Waals surface area (Å²) in [5.41, 5.74) is 4.32. The number of H-pyrrole nitrogens is 1. The van der Waals surface area contributed by atoms with Crippen LogP contribution in [0, 0.1) is 0 Å². The summed E-state index contributed by atoms with van der Waals surface area (Å²) in [6, 6.07) is 22.7. The molecule has 146 valence electrons. The molecule has 0 aliphatic heterocycles. The summed E-state index contributed by atoms with van der Waals surface area (Å²) in [5, 5.41) is 6.81. The number of rotatable bonds is 5. The number of nitrogens with one attached hydrogen (secondary N) is 3. The number of benzene rings is 3. The van der Waals surface area contributed by atoms with Gasteiger partial charge in [-0.05, 0) is 24.3 Å². The minimum Gasteiger partial charge on any atom is -0.497 e. The van der Waals surface area contributed by atoms with Gasteiger partial charge < -0.3 is 25.1 Å². The van der Waals surface area contributed by atoms with Crippen molar-refractivity contribution in [2.24, 2.45) is 0 Å². The summed E-state index contributed by atoms with van der Waals surface area (Å²) < 4.78 is 10.5. The Morgan fingerprint density at radius 1 is 0.793 bits per heavy atom. The number of methoxy groups -OCH3 is 2. The highest BCUT2D eigenvalue weighted by atomic mass is 16.5. The van der Waals surface area contributed by atoms with Gasteiger partial charge in [-0.1, -0.05) is 30.3 Å². The topological polar surface area (TPSA) is 75.4 Å². The van der Waals surface area contributed by atoms with Gasteiger partial charge in [0.2, 0.25) is 0 Å². The third-order valence-electron chi connectivity index (χ3n) is 4.57. The largest absolute Gasteiger partial charge is 0.497 e. The van der Waals surface area contributed by atoms with Crippen molar-refractivity contribution in [3.05, 3.63) is 72.8 Å². The number of para-hydroxylation sites is 1. The van der Waals surface area contributed by atoms with E-state index in [1.807, 2.05) is 42.5 Å². The Labute approximate surface area is 168 Å². The minimum atomic E-state index is -0.353. The van der Waals surface area contributed by atoms with Crippen molar-refractivity contribution in [2.75, 3.05) is 24.9 Å². The van der Waals surface area contributed by atoms with Crippen LogP contribution >= 0.6 is 0 Å². The van der Waals surface area contributed by atoms with Crippen LogP contribution in [0.25, 0.3) is 22.2 Å². The lowest BCUT2D eigenvalue weighted by Crippen LogP contribution is -2.19. The van der Waals surface area contributed by atoms with Gasteiger partial charge in [-0.25, -0.2) is 4.79 Å². The first kappa shape index (κ1) is 18.4. The second-order valence-corrected chi connectivity index (χ2v) is 6.53. The molecule has 3 N–H and O–H groups in total. The predicted molar refractivity (Wildman–Crippen MR) is 116 cm³/mol. The number of hydrogen-bond donors (Lipinski definition) is 3. The van der Waals surface area contributed by atoms with Crippen LogP contribution in [0.3, 0.4) is 0 Å². The van der Waals surface area contributed by atoms with E-state index < -0.39 is 0 Å². The Balaban J connectivity index is 1.51. The van der Waals surface area contributed by atoms with Gasteiger partial charge in [0.25, 0.3) is 0 Å². The molecule has 6 heteroatoms. The molecule has 0 radical (unpaired) electrons. The number of fused-ring (bicyclic) bond motifs is 1. The summed E-state index contributed by atoms with van der Waals surface area (Å²) >= 11 is 0. The van der Waals surface area contributed by atoms with Crippen LogP contribution in [0.2, 0.25) is 0 Å². The van der Waals surface area contributed by atoms with Crippen molar-refractivity contribution in [1.29, 1.82) is 0 Å². The SMILES string of the molecule is COc1cc(NC(=O)Nc2cccc(-c3cc4ccccc4[nH]3)c2)cc(OC)c1. The number of amides is 2. The Bertz CT molecular complexity index is 1110. The van der Waals surface area contributed by atoms with E-state index in [9.17, 15) is 4.79 Å². The average Bonchev–Trinajstić information content (AvgIpc) is 3.18. The molecule has 0 atom stereocenters. The molecule has 6 nitrogen and oxygen atoms in total. The zero-order valence-corrected chi connectivity index (χ0v) is 16.2. The van der Waals surface area contributed by atoms with E-state index >= 15 is 0 Å². The molecule has 4 rings (SSSR count). The molecule has 1 heterocycles. The Morgan fingerprint density at radius 2 is 1.52 bits per heavy atom. The van der Waals surface area contributed by atoms with Crippen molar-refractivity contribution in [3.8, 4) is 22.8 Å². The fourth-order valence-corrected chi connectivity index (χ4v) is 3.17. The average molecular weight is 387 g/mol. The van der Waals surface area contributed by atoms with E-state index in [0.717, 1.165) is 22.2 Å². The molecule has 0 aliphatic rings. The summed E-state index contributed by atoms with van der Waals surface area (Å²) in [5.74, 6) is 1.20. The molecule has 4 aromatic rings. The quantitative estimate of drug-likeness (QED) is 0.423. The predicted octanol–water partition coefficient (Wildman–Crippen LogP) is 5.50. The fraction of sp³-hybridized carbons (Fsp3) is 0.0870. The highest BCUT2D eigenvalue weighted by molar-refractivity contribution is 6.00. The molecule has 3 aromatic carbocycles. The zero-order valence-electron chi connectivity index (χ0n) is 16.2. The maximum absolute atomic E-state index is 12.5. The van der Waals surface area contributed by atoms with E-state index in [1.165, 1.54) is 0 Å². The van der Waals surface area contributed by atoms with Crippen LogP contribution in [0.5, 0.6) is 11.5 Å². The van der Waals surface area contributed by atoms with Crippen molar-refractivity contribution in [1.82, 2.24) is 4.98 Å². The summed E-state index contributed by atoms with van der Waals surface area (Å²) in [6.07, 6.45) is 0. The van der Waals surface area contributed by atoms with Gasteiger partial charge in [-0.3, -0.25) is 0 Å². The van der Waals surface area contributed by atoms with Crippen LogP contribution < -0.4 is 20.1 Å². The first-order chi connectivity index (χ1) is 14.1. The van der Waals surface area contributed by atoms with Gasteiger partial charge in [-0.15, -0.1) is 0 Å². The lowest BCUT2D eigenvalue weighted by molar-refractivity contribution is 0.262. The van der Waals surface area contributed by atoms with Gasteiger partial charge in [0.1, 0.15) is 11.5 Å². The third-order valence-corrected chi connectivity index (χ3v) is 4.57.